The fraction of sp³-hybridized carbons (Fsp3) is 0.562. The van der Waals surface area contributed by atoms with Crippen LogP contribution < -0.4 is 9.47 Å². The van der Waals surface area contributed by atoms with Crippen LogP contribution in [0.2, 0.25) is 0 Å². The molecule has 1 saturated heterocycles. The van der Waals surface area contributed by atoms with E-state index >= 15 is 0 Å². The molecule has 0 atom stereocenters. The lowest BCUT2D eigenvalue weighted by Gasteiger charge is -2.49. The van der Waals surface area contributed by atoms with Crippen LogP contribution in [0.4, 0.5) is 0 Å². The van der Waals surface area contributed by atoms with Crippen molar-refractivity contribution in [2.24, 2.45) is 5.92 Å². The number of carbonyl (C=O) groups is 1. The SMILES string of the molecule is CCOc1cc(C(=O)N2CC(O)(C(C)C)C2)ccc1OC. The molecule has 1 aliphatic heterocycles. The summed E-state index contributed by atoms with van der Waals surface area (Å²) in [5.74, 6) is 1.21. The summed E-state index contributed by atoms with van der Waals surface area (Å²) >= 11 is 0. The molecule has 5 nitrogen and oxygen atoms in total. The summed E-state index contributed by atoms with van der Waals surface area (Å²) in [5.41, 5.74) is -0.213. The Kier molecular flexibility index (Phi) is 4.42. The highest BCUT2D eigenvalue weighted by molar-refractivity contribution is 5.95. The highest BCUT2D eigenvalue weighted by atomic mass is 16.5. The van der Waals surface area contributed by atoms with Crippen molar-refractivity contribution in [3.63, 3.8) is 0 Å². The number of β-amino-alcohol motifs (C(OH)–C–C–N with tert-alkyl or cyclic N) is 1. The first-order chi connectivity index (χ1) is 9.91. The third kappa shape index (κ3) is 2.97. The third-order valence-corrected chi connectivity index (χ3v) is 4.00. The number of carbonyl (C=O) groups excluding carboxylic acids is 1. The smallest absolute Gasteiger partial charge is 0.254 e. The van der Waals surface area contributed by atoms with Crippen LogP contribution in [0.15, 0.2) is 18.2 Å². The van der Waals surface area contributed by atoms with Gasteiger partial charge < -0.3 is 19.5 Å². The van der Waals surface area contributed by atoms with E-state index in [1.54, 1.807) is 30.2 Å². The topological polar surface area (TPSA) is 59.0 Å². The van der Waals surface area contributed by atoms with Gasteiger partial charge in [0.25, 0.3) is 5.91 Å². The van der Waals surface area contributed by atoms with E-state index < -0.39 is 5.60 Å². The van der Waals surface area contributed by atoms with E-state index in [0.717, 1.165) is 0 Å². The normalized spacial score (nSPS) is 16.6. The molecule has 1 N–H and O–H groups in total. The molecule has 0 unspecified atom stereocenters. The van der Waals surface area contributed by atoms with Gasteiger partial charge in [-0.15, -0.1) is 0 Å². The molecule has 1 amide bonds. The maximum absolute atomic E-state index is 12.4. The first-order valence-corrected chi connectivity index (χ1v) is 7.23. The van der Waals surface area contributed by atoms with Gasteiger partial charge in [0.15, 0.2) is 11.5 Å². The van der Waals surface area contributed by atoms with Crippen LogP contribution in [0.25, 0.3) is 0 Å². The number of methoxy groups -OCH3 is 1. The summed E-state index contributed by atoms with van der Waals surface area (Å²) in [7, 11) is 1.57. The van der Waals surface area contributed by atoms with Gasteiger partial charge in [-0.2, -0.15) is 0 Å². The lowest BCUT2D eigenvalue weighted by molar-refractivity contribution is -0.110. The second-order valence-corrected chi connectivity index (χ2v) is 5.72. The summed E-state index contributed by atoms with van der Waals surface area (Å²) in [4.78, 5) is 14.1. The average molecular weight is 293 g/mol. The molecule has 0 aliphatic carbocycles. The molecule has 0 bridgehead atoms. The van der Waals surface area contributed by atoms with E-state index in [1.165, 1.54) is 0 Å². The lowest BCUT2D eigenvalue weighted by atomic mass is 9.82. The largest absolute Gasteiger partial charge is 0.493 e. The summed E-state index contributed by atoms with van der Waals surface area (Å²) in [5, 5.41) is 10.2. The Bertz CT molecular complexity index is 521. The number of likely N-dealkylation sites (tertiary alicyclic amines) is 1. The quantitative estimate of drug-likeness (QED) is 0.901. The van der Waals surface area contributed by atoms with Gasteiger partial charge in [-0.25, -0.2) is 0 Å². The number of benzene rings is 1. The fourth-order valence-corrected chi connectivity index (χ4v) is 2.38. The van der Waals surface area contributed by atoms with Gasteiger partial charge >= 0.3 is 0 Å². The number of aliphatic hydroxyl groups is 1. The molecule has 1 fully saturated rings. The van der Waals surface area contributed by atoms with E-state index in [2.05, 4.69) is 0 Å². The van der Waals surface area contributed by atoms with Gasteiger partial charge in [-0.05, 0) is 31.0 Å². The van der Waals surface area contributed by atoms with Crippen molar-refractivity contribution in [2.75, 3.05) is 26.8 Å². The van der Waals surface area contributed by atoms with E-state index in [0.29, 0.717) is 36.8 Å². The number of nitrogens with zero attached hydrogens (tertiary/aromatic N) is 1. The van der Waals surface area contributed by atoms with Crippen LogP contribution in [0.1, 0.15) is 31.1 Å². The molecule has 1 aliphatic rings. The standard InChI is InChI=1S/C16H23NO4/c1-5-21-14-8-12(6-7-13(14)20-4)15(18)17-9-16(19,10-17)11(2)3/h6-8,11,19H,5,9-10H2,1-4H3. The Hall–Kier alpha value is -1.75. The van der Waals surface area contributed by atoms with Crippen LogP contribution in [0.3, 0.4) is 0 Å². The average Bonchev–Trinajstić information content (AvgIpc) is 2.43. The lowest BCUT2D eigenvalue weighted by Crippen LogP contribution is -2.65. The Balaban J connectivity index is 2.12. The molecule has 0 aromatic heterocycles. The van der Waals surface area contributed by atoms with Crippen LogP contribution in [-0.2, 0) is 0 Å². The molecule has 1 heterocycles. The maximum atomic E-state index is 12.4. The van der Waals surface area contributed by atoms with Crippen LogP contribution in [-0.4, -0.2) is 48.3 Å². The zero-order chi connectivity index (χ0) is 15.6. The summed E-state index contributed by atoms with van der Waals surface area (Å²) in [6, 6.07) is 5.14. The fourth-order valence-electron chi connectivity index (χ4n) is 2.38. The monoisotopic (exact) mass is 293 g/mol. The molecule has 1 aromatic rings. The maximum Gasteiger partial charge on any atom is 0.254 e. The minimum atomic E-state index is -0.759. The number of amides is 1. The summed E-state index contributed by atoms with van der Waals surface area (Å²) < 4.78 is 10.7. The van der Waals surface area contributed by atoms with Crippen molar-refractivity contribution in [3.8, 4) is 11.5 Å². The van der Waals surface area contributed by atoms with Crippen LogP contribution >= 0.6 is 0 Å². The van der Waals surface area contributed by atoms with Crippen molar-refractivity contribution in [1.29, 1.82) is 0 Å². The minimum Gasteiger partial charge on any atom is -0.493 e. The number of rotatable bonds is 5. The summed E-state index contributed by atoms with van der Waals surface area (Å²) in [6.45, 7) is 7.06. The van der Waals surface area contributed by atoms with Crippen LogP contribution in [0, 0.1) is 5.92 Å². The second kappa shape index (κ2) is 5.93. The highest BCUT2D eigenvalue weighted by Crippen LogP contribution is 2.32. The van der Waals surface area contributed by atoms with Crippen molar-refractivity contribution in [1.82, 2.24) is 4.90 Å². The van der Waals surface area contributed by atoms with E-state index in [9.17, 15) is 9.90 Å². The molecule has 5 heteroatoms. The van der Waals surface area contributed by atoms with E-state index in [-0.39, 0.29) is 11.8 Å². The molecule has 116 valence electrons. The molecule has 0 saturated carbocycles. The Labute approximate surface area is 125 Å². The second-order valence-electron chi connectivity index (χ2n) is 5.72. The first-order valence-electron chi connectivity index (χ1n) is 7.23. The third-order valence-electron chi connectivity index (χ3n) is 4.00. The predicted molar refractivity (Wildman–Crippen MR) is 79.9 cm³/mol. The molecule has 21 heavy (non-hydrogen) atoms. The zero-order valence-electron chi connectivity index (χ0n) is 13.0. The molecule has 0 spiro atoms. The van der Waals surface area contributed by atoms with Crippen LogP contribution in [0.5, 0.6) is 11.5 Å². The molecular weight excluding hydrogens is 270 g/mol. The van der Waals surface area contributed by atoms with Crippen molar-refractivity contribution in [2.45, 2.75) is 26.4 Å². The van der Waals surface area contributed by atoms with Gasteiger partial charge in [0.05, 0.1) is 26.8 Å². The Morgan fingerprint density at radius 3 is 2.57 bits per heavy atom. The van der Waals surface area contributed by atoms with Crippen molar-refractivity contribution in [3.05, 3.63) is 23.8 Å². The van der Waals surface area contributed by atoms with Crippen molar-refractivity contribution < 1.29 is 19.4 Å². The Morgan fingerprint density at radius 1 is 1.38 bits per heavy atom. The van der Waals surface area contributed by atoms with Crippen molar-refractivity contribution >= 4 is 5.91 Å². The van der Waals surface area contributed by atoms with Gasteiger partial charge in [0, 0.05) is 5.56 Å². The molecule has 0 radical (unpaired) electrons. The van der Waals surface area contributed by atoms with Gasteiger partial charge in [0.1, 0.15) is 5.60 Å². The predicted octanol–water partition coefficient (Wildman–Crippen LogP) is 1.94. The molecule has 2 rings (SSSR count). The number of ether oxygens (including phenoxy) is 2. The van der Waals surface area contributed by atoms with Gasteiger partial charge in [-0.3, -0.25) is 4.79 Å². The number of hydrogen-bond donors (Lipinski definition) is 1. The van der Waals surface area contributed by atoms with E-state index in [1.807, 2.05) is 20.8 Å². The molecular formula is C16H23NO4. The van der Waals surface area contributed by atoms with E-state index in [4.69, 9.17) is 9.47 Å². The minimum absolute atomic E-state index is 0.0936. The highest BCUT2D eigenvalue weighted by Gasteiger charge is 2.45. The van der Waals surface area contributed by atoms with Gasteiger partial charge in [0.2, 0.25) is 0 Å². The Morgan fingerprint density at radius 2 is 2.05 bits per heavy atom. The number of hydrogen-bond acceptors (Lipinski definition) is 4. The zero-order valence-corrected chi connectivity index (χ0v) is 13.0. The molecule has 1 aromatic carbocycles. The summed E-state index contributed by atoms with van der Waals surface area (Å²) in [6.07, 6.45) is 0. The first kappa shape index (κ1) is 15.6. The van der Waals surface area contributed by atoms with Gasteiger partial charge in [-0.1, -0.05) is 13.8 Å².